The molecule has 0 aliphatic heterocycles. The molecular weight excluding hydrogens is 354 g/mol. The summed E-state index contributed by atoms with van der Waals surface area (Å²) in [7, 11) is 0. The van der Waals surface area contributed by atoms with Gasteiger partial charge in [0.25, 0.3) is 0 Å². The van der Waals surface area contributed by atoms with Crippen molar-refractivity contribution in [1.82, 2.24) is 5.32 Å². The molecule has 2 amide bonds. The summed E-state index contributed by atoms with van der Waals surface area (Å²) in [5.74, 6) is -0.676. The summed E-state index contributed by atoms with van der Waals surface area (Å²) in [5.41, 5.74) is 5.73. The highest BCUT2D eigenvalue weighted by molar-refractivity contribution is 9.11. The minimum atomic E-state index is -0.366. The van der Waals surface area contributed by atoms with Gasteiger partial charge in [0.15, 0.2) is 0 Å². The number of carbonyl (C=O) groups excluding carboxylic acids is 2. The maximum absolute atomic E-state index is 11.5. The number of halogens is 2. The van der Waals surface area contributed by atoms with Crippen LogP contribution in [-0.2, 0) is 9.59 Å². The molecule has 0 radical (unpaired) electrons. The predicted molar refractivity (Wildman–Crippen MR) is 72.5 cm³/mol. The Morgan fingerprint density at radius 3 is 2.53 bits per heavy atom. The fourth-order valence-corrected chi connectivity index (χ4v) is 2.18. The largest absolute Gasteiger partial charge is 0.346 e. The third-order valence-electron chi connectivity index (χ3n) is 1.84. The van der Waals surface area contributed by atoms with Crippen molar-refractivity contribution in [2.45, 2.75) is 0 Å². The van der Waals surface area contributed by atoms with E-state index >= 15 is 0 Å². The highest BCUT2D eigenvalue weighted by Gasteiger charge is 2.07. The lowest BCUT2D eigenvalue weighted by Gasteiger charge is -2.08. The quantitative estimate of drug-likeness (QED) is 0.751. The molecule has 17 heavy (non-hydrogen) atoms. The maximum Gasteiger partial charge on any atom is 0.243 e. The van der Waals surface area contributed by atoms with E-state index in [4.69, 9.17) is 5.73 Å². The number of hydrogen-bond acceptors (Lipinski definition) is 3. The Balaban J connectivity index is 2.53. The molecule has 0 bridgehead atoms. The first-order valence-corrected chi connectivity index (χ1v) is 6.33. The van der Waals surface area contributed by atoms with E-state index in [1.54, 1.807) is 12.1 Å². The molecule has 4 N–H and O–H groups in total. The van der Waals surface area contributed by atoms with Gasteiger partial charge in [-0.1, -0.05) is 15.9 Å². The van der Waals surface area contributed by atoms with Crippen molar-refractivity contribution in [3.05, 3.63) is 27.1 Å². The van der Waals surface area contributed by atoms with E-state index < -0.39 is 0 Å². The topological polar surface area (TPSA) is 84.2 Å². The Morgan fingerprint density at radius 1 is 1.24 bits per heavy atom. The van der Waals surface area contributed by atoms with Crippen molar-refractivity contribution in [3.8, 4) is 0 Å². The summed E-state index contributed by atoms with van der Waals surface area (Å²) >= 11 is 6.63. The summed E-state index contributed by atoms with van der Waals surface area (Å²) in [6.45, 7) is -0.228. The van der Waals surface area contributed by atoms with Crippen molar-refractivity contribution in [2.75, 3.05) is 18.4 Å². The molecular formula is C10H11Br2N3O2. The van der Waals surface area contributed by atoms with Crippen LogP contribution < -0.4 is 16.4 Å². The minimum Gasteiger partial charge on any atom is -0.346 e. The SMILES string of the molecule is NCC(=O)NCC(=O)Nc1ccc(Br)cc1Br. The number of nitrogens with one attached hydrogen (secondary N) is 2. The zero-order valence-corrected chi connectivity index (χ0v) is 12.0. The molecule has 1 aromatic carbocycles. The molecule has 0 atom stereocenters. The number of rotatable bonds is 4. The molecule has 0 saturated heterocycles. The van der Waals surface area contributed by atoms with Gasteiger partial charge in [-0.15, -0.1) is 0 Å². The first kappa shape index (κ1) is 14.1. The Bertz CT molecular complexity index is 438. The third-order valence-corrected chi connectivity index (χ3v) is 2.99. The van der Waals surface area contributed by atoms with Gasteiger partial charge in [-0.3, -0.25) is 9.59 Å². The zero-order chi connectivity index (χ0) is 12.8. The second kappa shape index (κ2) is 6.73. The molecule has 0 saturated carbocycles. The van der Waals surface area contributed by atoms with E-state index in [1.165, 1.54) is 0 Å². The lowest BCUT2D eigenvalue weighted by Crippen LogP contribution is -2.36. The van der Waals surface area contributed by atoms with E-state index in [9.17, 15) is 9.59 Å². The molecule has 0 aliphatic rings. The van der Waals surface area contributed by atoms with Crippen LogP contribution in [0.5, 0.6) is 0 Å². The molecule has 1 rings (SSSR count). The average Bonchev–Trinajstić information content (AvgIpc) is 2.29. The van der Waals surface area contributed by atoms with Crippen LogP contribution in [0.2, 0.25) is 0 Å². The van der Waals surface area contributed by atoms with Crippen molar-refractivity contribution in [2.24, 2.45) is 5.73 Å². The van der Waals surface area contributed by atoms with Gasteiger partial charge in [-0.2, -0.15) is 0 Å². The van der Waals surface area contributed by atoms with Crippen LogP contribution in [0.15, 0.2) is 27.1 Å². The molecule has 0 fully saturated rings. The average molecular weight is 365 g/mol. The number of hydrogen-bond donors (Lipinski definition) is 3. The zero-order valence-electron chi connectivity index (χ0n) is 8.80. The summed E-state index contributed by atoms with van der Waals surface area (Å²) in [6, 6.07) is 5.36. The van der Waals surface area contributed by atoms with Crippen LogP contribution in [0.4, 0.5) is 5.69 Å². The van der Waals surface area contributed by atoms with E-state index in [1.807, 2.05) is 6.07 Å². The fraction of sp³-hybridized carbons (Fsp3) is 0.200. The van der Waals surface area contributed by atoms with Crippen molar-refractivity contribution in [3.63, 3.8) is 0 Å². The highest BCUT2D eigenvalue weighted by atomic mass is 79.9. The second-order valence-electron chi connectivity index (χ2n) is 3.15. The number of nitrogens with two attached hydrogens (primary N) is 1. The summed E-state index contributed by atoms with van der Waals surface area (Å²) in [4.78, 5) is 22.3. The van der Waals surface area contributed by atoms with Gasteiger partial charge in [0, 0.05) is 8.95 Å². The molecule has 5 nitrogen and oxygen atoms in total. The first-order valence-electron chi connectivity index (χ1n) is 4.74. The molecule has 0 aromatic heterocycles. The molecule has 0 unspecified atom stereocenters. The van der Waals surface area contributed by atoms with Gasteiger partial charge >= 0.3 is 0 Å². The van der Waals surface area contributed by atoms with Crippen molar-refractivity contribution in [1.29, 1.82) is 0 Å². The van der Waals surface area contributed by atoms with Crippen LogP contribution in [-0.4, -0.2) is 24.9 Å². The molecule has 0 aliphatic carbocycles. The van der Waals surface area contributed by atoms with Gasteiger partial charge in [-0.25, -0.2) is 0 Å². The highest BCUT2D eigenvalue weighted by Crippen LogP contribution is 2.25. The van der Waals surface area contributed by atoms with Crippen LogP contribution >= 0.6 is 31.9 Å². The molecule has 7 heteroatoms. The van der Waals surface area contributed by atoms with E-state index in [0.717, 1.165) is 8.95 Å². The van der Waals surface area contributed by atoms with Crippen molar-refractivity contribution < 1.29 is 9.59 Å². The predicted octanol–water partition coefficient (Wildman–Crippen LogP) is 1.22. The van der Waals surface area contributed by atoms with Gasteiger partial charge in [0.2, 0.25) is 11.8 Å². The van der Waals surface area contributed by atoms with E-state index in [2.05, 4.69) is 42.5 Å². The summed E-state index contributed by atoms with van der Waals surface area (Å²) < 4.78 is 1.66. The fourth-order valence-electron chi connectivity index (χ4n) is 1.04. The third kappa shape index (κ3) is 4.84. The Labute approximate surface area is 115 Å². The van der Waals surface area contributed by atoms with Gasteiger partial charge < -0.3 is 16.4 Å². The summed E-state index contributed by atoms with van der Waals surface area (Å²) in [6.07, 6.45) is 0. The Morgan fingerprint density at radius 2 is 1.94 bits per heavy atom. The van der Waals surface area contributed by atoms with Gasteiger partial charge in [0.1, 0.15) is 0 Å². The van der Waals surface area contributed by atoms with E-state index in [0.29, 0.717) is 5.69 Å². The Kier molecular flexibility index (Phi) is 5.60. The number of anilines is 1. The molecule has 92 valence electrons. The van der Waals surface area contributed by atoms with E-state index in [-0.39, 0.29) is 24.9 Å². The van der Waals surface area contributed by atoms with Crippen LogP contribution in [0.3, 0.4) is 0 Å². The molecule has 0 spiro atoms. The monoisotopic (exact) mass is 363 g/mol. The number of amides is 2. The second-order valence-corrected chi connectivity index (χ2v) is 4.92. The normalized spacial score (nSPS) is 9.82. The van der Waals surface area contributed by atoms with Crippen LogP contribution in [0, 0.1) is 0 Å². The first-order chi connectivity index (χ1) is 8.02. The molecule has 1 aromatic rings. The number of carbonyl (C=O) groups is 2. The molecule has 0 heterocycles. The Hall–Kier alpha value is -0.920. The minimum absolute atomic E-state index is 0.0987. The number of benzene rings is 1. The smallest absolute Gasteiger partial charge is 0.243 e. The maximum atomic E-state index is 11.5. The van der Waals surface area contributed by atoms with Gasteiger partial charge in [0.05, 0.1) is 18.8 Å². The van der Waals surface area contributed by atoms with Gasteiger partial charge in [-0.05, 0) is 34.1 Å². The van der Waals surface area contributed by atoms with Crippen molar-refractivity contribution >= 4 is 49.4 Å². The van der Waals surface area contributed by atoms with Crippen LogP contribution in [0.1, 0.15) is 0 Å². The lowest BCUT2D eigenvalue weighted by atomic mass is 10.3. The standard InChI is InChI=1S/C10H11Br2N3O2/c11-6-1-2-8(7(12)3-6)15-10(17)5-14-9(16)4-13/h1-3H,4-5,13H2,(H,14,16)(H,15,17). The summed E-state index contributed by atoms with van der Waals surface area (Å²) in [5, 5.41) is 5.04. The van der Waals surface area contributed by atoms with Crippen LogP contribution in [0.25, 0.3) is 0 Å². The lowest BCUT2D eigenvalue weighted by molar-refractivity contribution is -0.123.